The highest BCUT2D eigenvalue weighted by Crippen LogP contribution is 2.22. The number of nitrogens with zero attached hydrogens (tertiary/aromatic N) is 2. The van der Waals surface area contributed by atoms with Gasteiger partial charge < -0.3 is 9.64 Å². The maximum atomic E-state index is 5.95. The molecule has 0 fully saturated rings. The summed E-state index contributed by atoms with van der Waals surface area (Å²) in [5.74, 6) is 0. The van der Waals surface area contributed by atoms with Crippen LogP contribution in [0.5, 0.6) is 0 Å². The molecule has 3 rings (SSSR count). The van der Waals surface area contributed by atoms with Crippen molar-refractivity contribution >= 4 is 5.71 Å². The molecule has 0 spiro atoms. The molecule has 1 atom stereocenters. The van der Waals surface area contributed by atoms with E-state index in [0.29, 0.717) is 6.61 Å². The minimum Gasteiger partial charge on any atom is -0.380 e. The molecule has 0 aromatic heterocycles. The van der Waals surface area contributed by atoms with E-state index in [1.54, 1.807) is 7.11 Å². The van der Waals surface area contributed by atoms with Crippen LogP contribution in [0.4, 0.5) is 0 Å². The third-order valence-corrected chi connectivity index (χ3v) is 4.41. The van der Waals surface area contributed by atoms with Gasteiger partial charge in [0, 0.05) is 26.1 Å². The highest BCUT2D eigenvalue weighted by atomic mass is 16.5. The van der Waals surface area contributed by atoms with Crippen molar-refractivity contribution in [1.82, 2.24) is 4.90 Å². The molecule has 1 aliphatic heterocycles. The van der Waals surface area contributed by atoms with Crippen LogP contribution in [0.2, 0.25) is 0 Å². The Hall–Kier alpha value is -2.43. The summed E-state index contributed by atoms with van der Waals surface area (Å²) in [6.45, 7) is 0.646. The molecular weight excluding hydrogens is 310 g/mol. The van der Waals surface area contributed by atoms with Crippen LogP contribution in [0, 0.1) is 0 Å². The Balaban J connectivity index is 1.67. The van der Waals surface area contributed by atoms with E-state index in [4.69, 9.17) is 10.5 Å². The summed E-state index contributed by atoms with van der Waals surface area (Å²) in [6.07, 6.45) is 5.62. The number of benzene rings is 2. The van der Waals surface area contributed by atoms with E-state index in [2.05, 4.69) is 53.5 Å². The normalized spacial score (nSPS) is 16.8. The van der Waals surface area contributed by atoms with Crippen molar-refractivity contribution in [2.75, 3.05) is 14.2 Å². The Morgan fingerprint density at radius 3 is 2.56 bits per heavy atom. The molecule has 0 amide bonds. The maximum absolute atomic E-state index is 5.95. The quantitative estimate of drug-likeness (QED) is 0.878. The number of allylic oxidation sites excluding steroid dienone is 1. The zero-order chi connectivity index (χ0) is 17.6. The first-order valence-corrected chi connectivity index (χ1v) is 8.55. The molecule has 4 heteroatoms. The van der Waals surface area contributed by atoms with Gasteiger partial charge in [0.25, 0.3) is 0 Å². The predicted molar refractivity (Wildman–Crippen MR) is 103 cm³/mol. The fourth-order valence-electron chi connectivity index (χ4n) is 2.88. The van der Waals surface area contributed by atoms with Gasteiger partial charge >= 0.3 is 0 Å². The van der Waals surface area contributed by atoms with Gasteiger partial charge in [-0.1, -0.05) is 48.5 Å². The van der Waals surface area contributed by atoms with E-state index in [1.807, 2.05) is 24.2 Å². The van der Waals surface area contributed by atoms with E-state index < -0.39 is 0 Å². The number of nitrogens with two attached hydrogens (primary N) is 1. The summed E-state index contributed by atoms with van der Waals surface area (Å²) in [5, 5.41) is 0. The third kappa shape index (κ3) is 4.56. The van der Waals surface area contributed by atoms with Gasteiger partial charge in [-0.25, -0.2) is 0 Å². The minimum absolute atomic E-state index is 0.267. The Morgan fingerprint density at radius 2 is 1.84 bits per heavy atom. The van der Waals surface area contributed by atoms with Crippen molar-refractivity contribution in [3.8, 4) is 11.1 Å². The number of ether oxygens (including phenoxy) is 1. The molecule has 1 aliphatic rings. The van der Waals surface area contributed by atoms with Crippen molar-refractivity contribution < 1.29 is 4.74 Å². The first-order chi connectivity index (χ1) is 12.2. The number of aryl methyl sites for hydroxylation is 1. The van der Waals surface area contributed by atoms with Crippen molar-refractivity contribution in [1.29, 1.82) is 0 Å². The fraction of sp³-hybridized carbons (Fsp3) is 0.286. The second kappa shape index (κ2) is 8.10. The number of aliphatic imine (C=N–C) groups is 1. The first-order valence-electron chi connectivity index (χ1n) is 8.55. The summed E-state index contributed by atoms with van der Waals surface area (Å²) < 4.78 is 5.17. The molecule has 2 aromatic rings. The summed E-state index contributed by atoms with van der Waals surface area (Å²) in [5.41, 5.74) is 12.0. The smallest absolute Gasteiger partial charge is 0.173 e. The van der Waals surface area contributed by atoms with E-state index in [9.17, 15) is 0 Å². The standard InChI is InChI=1S/C21H25N3O/c1-24-13-12-20(23-21(24)22)11-8-16-4-3-5-19(14-16)18-9-6-17(7-10-18)15-25-2/h3-7,9-10,12-14,21H,8,11,15,22H2,1-2H3. The average Bonchev–Trinajstić information content (AvgIpc) is 2.64. The monoisotopic (exact) mass is 335 g/mol. The number of methoxy groups -OCH3 is 1. The summed E-state index contributed by atoms with van der Waals surface area (Å²) in [7, 11) is 3.65. The summed E-state index contributed by atoms with van der Waals surface area (Å²) in [4.78, 5) is 6.41. The lowest BCUT2D eigenvalue weighted by Gasteiger charge is -2.23. The third-order valence-electron chi connectivity index (χ3n) is 4.41. The molecule has 0 radical (unpaired) electrons. The second-order valence-electron chi connectivity index (χ2n) is 6.35. The summed E-state index contributed by atoms with van der Waals surface area (Å²) in [6, 6.07) is 17.2. The molecule has 25 heavy (non-hydrogen) atoms. The highest BCUT2D eigenvalue weighted by Gasteiger charge is 2.10. The maximum Gasteiger partial charge on any atom is 0.173 e. The largest absolute Gasteiger partial charge is 0.380 e. The Morgan fingerprint density at radius 1 is 1.04 bits per heavy atom. The van der Waals surface area contributed by atoms with Crippen molar-refractivity contribution in [3.05, 3.63) is 71.9 Å². The van der Waals surface area contributed by atoms with E-state index in [-0.39, 0.29) is 6.29 Å². The molecule has 2 N–H and O–H groups in total. The van der Waals surface area contributed by atoms with E-state index >= 15 is 0 Å². The lowest BCUT2D eigenvalue weighted by atomic mass is 9.99. The van der Waals surface area contributed by atoms with Crippen molar-refractivity contribution in [2.24, 2.45) is 10.7 Å². The highest BCUT2D eigenvalue weighted by molar-refractivity contribution is 5.95. The molecule has 2 aromatic carbocycles. The molecular formula is C21H25N3O. The van der Waals surface area contributed by atoms with Crippen LogP contribution < -0.4 is 5.73 Å². The van der Waals surface area contributed by atoms with Gasteiger partial charge in [0.15, 0.2) is 6.29 Å². The second-order valence-corrected chi connectivity index (χ2v) is 6.35. The van der Waals surface area contributed by atoms with E-state index in [1.165, 1.54) is 22.3 Å². The zero-order valence-corrected chi connectivity index (χ0v) is 14.9. The number of hydrogen-bond donors (Lipinski definition) is 1. The van der Waals surface area contributed by atoms with Gasteiger partial charge in [-0.3, -0.25) is 10.7 Å². The zero-order valence-electron chi connectivity index (χ0n) is 14.9. The van der Waals surface area contributed by atoms with Crippen LogP contribution in [0.15, 0.2) is 65.8 Å². The van der Waals surface area contributed by atoms with Crippen LogP contribution in [0.25, 0.3) is 11.1 Å². The lowest BCUT2D eigenvalue weighted by molar-refractivity contribution is 0.185. The van der Waals surface area contributed by atoms with Crippen molar-refractivity contribution in [3.63, 3.8) is 0 Å². The van der Waals surface area contributed by atoms with Gasteiger partial charge in [0.2, 0.25) is 0 Å². The molecule has 130 valence electrons. The summed E-state index contributed by atoms with van der Waals surface area (Å²) >= 11 is 0. The topological polar surface area (TPSA) is 50.9 Å². The Kier molecular flexibility index (Phi) is 5.64. The van der Waals surface area contributed by atoms with Gasteiger partial charge in [-0.2, -0.15) is 0 Å². The molecule has 0 aliphatic carbocycles. The van der Waals surface area contributed by atoms with Crippen LogP contribution in [0.1, 0.15) is 17.5 Å². The first kappa shape index (κ1) is 17.4. The van der Waals surface area contributed by atoms with Crippen LogP contribution >= 0.6 is 0 Å². The number of rotatable bonds is 6. The van der Waals surface area contributed by atoms with Gasteiger partial charge in [0.1, 0.15) is 0 Å². The van der Waals surface area contributed by atoms with Crippen LogP contribution in [0.3, 0.4) is 0 Å². The van der Waals surface area contributed by atoms with Gasteiger partial charge in [-0.15, -0.1) is 0 Å². The lowest BCUT2D eigenvalue weighted by Crippen LogP contribution is -2.36. The Labute approximate surface area is 149 Å². The van der Waals surface area contributed by atoms with E-state index in [0.717, 1.165) is 18.6 Å². The molecule has 1 heterocycles. The van der Waals surface area contributed by atoms with Crippen LogP contribution in [-0.4, -0.2) is 31.1 Å². The van der Waals surface area contributed by atoms with Gasteiger partial charge in [0.05, 0.1) is 6.61 Å². The molecule has 0 saturated carbocycles. The minimum atomic E-state index is -0.267. The average molecular weight is 335 g/mol. The number of hydrogen-bond acceptors (Lipinski definition) is 4. The SMILES string of the molecule is COCc1ccc(-c2cccc(CCC3=NC(N)N(C)C=C3)c2)cc1. The predicted octanol–water partition coefficient (Wildman–Crippen LogP) is 3.58. The van der Waals surface area contributed by atoms with Crippen molar-refractivity contribution in [2.45, 2.75) is 25.7 Å². The van der Waals surface area contributed by atoms with Gasteiger partial charge in [-0.05, 0) is 41.2 Å². The molecule has 1 unspecified atom stereocenters. The molecule has 0 bridgehead atoms. The Bertz CT molecular complexity index is 765. The molecule has 4 nitrogen and oxygen atoms in total. The molecule has 0 saturated heterocycles. The van der Waals surface area contributed by atoms with Crippen LogP contribution in [-0.2, 0) is 17.8 Å². The fourth-order valence-corrected chi connectivity index (χ4v) is 2.88.